The van der Waals surface area contributed by atoms with Crippen LogP contribution in [0, 0.1) is 0 Å². The largest absolute Gasteiger partial charge is 0.306 e. The van der Waals surface area contributed by atoms with Crippen LogP contribution in [-0.2, 0) is 9.05 Å². The Morgan fingerprint density at radius 1 is 1.50 bits per heavy atom. The summed E-state index contributed by atoms with van der Waals surface area (Å²) >= 11 is 0. The molecule has 0 saturated carbocycles. The number of hydrogen-bond acceptors (Lipinski definition) is 3. The van der Waals surface area contributed by atoms with Crippen molar-refractivity contribution in [2.24, 2.45) is 0 Å². The average molecular weight is 212 g/mol. The van der Waals surface area contributed by atoms with Gasteiger partial charge in [0.25, 0.3) is 0 Å². The van der Waals surface area contributed by atoms with Crippen molar-refractivity contribution in [3.63, 3.8) is 0 Å². The predicted molar refractivity (Wildman–Crippen MR) is 52.0 cm³/mol. The van der Waals surface area contributed by atoms with Crippen LogP contribution in [0.15, 0.2) is 11.6 Å². The zero-order valence-corrected chi connectivity index (χ0v) is 9.11. The summed E-state index contributed by atoms with van der Waals surface area (Å²) in [6.07, 6.45) is 1.85. The Morgan fingerprint density at radius 3 is 2.33 bits per heavy atom. The first-order valence-corrected chi connectivity index (χ1v) is 6.02. The van der Waals surface area contributed by atoms with Gasteiger partial charge >= 0.3 is 0 Å². The van der Waals surface area contributed by atoms with Crippen LogP contribution in [0.2, 0.25) is 0 Å². The van der Waals surface area contributed by atoms with Gasteiger partial charge < -0.3 is 4.90 Å². The second kappa shape index (κ2) is 4.84. The van der Waals surface area contributed by atoms with E-state index < -0.39 is 9.05 Å². The van der Waals surface area contributed by atoms with Crippen LogP contribution in [0.1, 0.15) is 6.92 Å². The predicted octanol–water partition coefficient (Wildman–Crippen LogP) is 1.06. The van der Waals surface area contributed by atoms with Gasteiger partial charge in [0.15, 0.2) is 0 Å². The molecule has 0 amide bonds. The lowest BCUT2D eigenvalue weighted by Gasteiger charge is -2.05. The highest BCUT2D eigenvalue weighted by Crippen LogP contribution is 2.03. The fraction of sp³-hybridized carbons (Fsp3) is 0.714. The van der Waals surface area contributed by atoms with Crippen LogP contribution in [0.5, 0.6) is 0 Å². The van der Waals surface area contributed by atoms with E-state index in [1.165, 1.54) is 0 Å². The van der Waals surface area contributed by atoms with Gasteiger partial charge in [0, 0.05) is 17.2 Å². The maximum atomic E-state index is 10.6. The zero-order valence-electron chi connectivity index (χ0n) is 7.54. The lowest BCUT2D eigenvalue weighted by Crippen LogP contribution is -2.12. The first-order valence-electron chi connectivity index (χ1n) is 3.54. The third-order valence-corrected chi connectivity index (χ3v) is 2.33. The standard InChI is InChI=1S/C7H14ClNO2S/c1-7(4-5-9(2)3)6-12(8,10)11/h4H,5-6H2,1-3H3/b7-4-. The number of likely N-dealkylation sites (N-methyl/N-ethyl adjacent to an activating group) is 1. The van der Waals surface area contributed by atoms with E-state index in [2.05, 4.69) is 0 Å². The summed E-state index contributed by atoms with van der Waals surface area (Å²) in [6.45, 7) is 2.49. The van der Waals surface area contributed by atoms with Gasteiger partial charge in [-0.2, -0.15) is 0 Å². The molecule has 3 nitrogen and oxygen atoms in total. The second-order valence-electron chi connectivity index (χ2n) is 3.00. The molecule has 0 radical (unpaired) electrons. The Morgan fingerprint density at radius 2 is 2.00 bits per heavy atom. The van der Waals surface area contributed by atoms with Gasteiger partial charge in [-0.3, -0.25) is 0 Å². The molecule has 72 valence electrons. The van der Waals surface area contributed by atoms with Crippen molar-refractivity contribution < 1.29 is 8.42 Å². The Bertz CT molecular complexity index is 257. The fourth-order valence-electron chi connectivity index (χ4n) is 0.669. The number of halogens is 1. The minimum absolute atomic E-state index is 0.0671. The maximum Gasteiger partial charge on any atom is 0.236 e. The van der Waals surface area contributed by atoms with E-state index in [0.717, 1.165) is 12.1 Å². The second-order valence-corrected chi connectivity index (χ2v) is 5.77. The summed E-state index contributed by atoms with van der Waals surface area (Å²) in [5.41, 5.74) is 0.777. The molecule has 0 aliphatic rings. The lowest BCUT2D eigenvalue weighted by atomic mass is 10.3. The summed E-state index contributed by atoms with van der Waals surface area (Å²) in [7, 11) is 5.51. The van der Waals surface area contributed by atoms with Crippen molar-refractivity contribution in [1.29, 1.82) is 0 Å². The molecule has 0 aromatic rings. The molecule has 0 saturated heterocycles. The van der Waals surface area contributed by atoms with Crippen molar-refractivity contribution in [3.05, 3.63) is 11.6 Å². The van der Waals surface area contributed by atoms with Crippen LogP contribution in [0.4, 0.5) is 0 Å². The minimum Gasteiger partial charge on any atom is -0.306 e. The molecule has 0 N–H and O–H groups in total. The van der Waals surface area contributed by atoms with Gasteiger partial charge in [-0.25, -0.2) is 8.42 Å². The van der Waals surface area contributed by atoms with Crippen LogP contribution in [0.3, 0.4) is 0 Å². The molecule has 0 spiro atoms. The third-order valence-electron chi connectivity index (χ3n) is 1.20. The fourth-order valence-corrected chi connectivity index (χ4v) is 1.85. The minimum atomic E-state index is -3.39. The molecule has 0 bridgehead atoms. The Balaban J connectivity index is 4.04. The van der Waals surface area contributed by atoms with E-state index in [1.807, 2.05) is 25.1 Å². The molecule has 0 heterocycles. The lowest BCUT2D eigenvalue weighted by molar-refractivity contribution is 0.455. The third kappa shape index (κ3) is 8.04. The molecule has 0 aliphatic heterocycles. The van der Waals surface area contributed by atoms with Gasteiger partial charge in [0.05, 0.1) is 5.75 Å². The van der Waals surface area contributed by atoms with E-state index in [-0.39, 0.29) is 5.75 Å². The molecule has 0 atom stereocenters. The zero-order chi connectivity index (χ0) is 9.78. The Kier molecular flexibility index (Phi) is 4.82. The number of hydrogen-bond donors (Lipinski definition) is 0. The highest BCUT2D eigenvalue weighted by Gasteiger charge is 2.05. The molecular weight excluding hydrogens is 198 g/mol. The Labute approximate surface area is 78.4 Å². The quantitative estimate of drug-likeness (QED) is 0.516. The SMILES string of the molecule is C/C(=C/CN(C)C)CS(=O)(=O)Cl. The smallest absolute Gasteiger partial charge is 0.236 e. The Hall–Kier alpha value is -0.0600. The van der Waals surface area contributed by atoms with E-state index in [4.69, 9.17) is 10.7 Å². The van der Waals surface area contributed by atoms with Crippen LogP contribution < -0.4 is 0 Å². The molecule has 0 fully saturated rings. The van der Waals surface area contributed by atoms with E-state index in [9.17, 15) is 8.42 Å². The highest BCUT2D eigenvalue weighted by atomic mass is 35.7. The van der Waals surface area contributed by atoms with Gasteiger partial charge in [-0.05, 0) is 21.0 Å². The highest BCUT2D eigenvalue weighted by molar-refractivity contribution is 8.13. The summed E-state index contributed by atoms with van der Waals surface area (Å²) in [5.74, 6) is -0.0671. The maximum absolute atomic E-state index is 10.6. The summed E-state index contributed by atoms with van der Waals surface area (Å²) in [5, 5.41) is 0. The average Bonchev–Trinajstić information content (AvgIpc) is 1.79. The van der Waals surface area contributed by atoms with Crippen molar-refractivity contribution >= 4 is 19.7 Å². The van der Waals surface area contributed by atoms with Crippen molar-refractivity contribution in [1.82, 2.24) is 4.90 Å². The molecule has 0 aromatic heterocycles. The summed E-state index contributed by atoms with van der Waals surface area (Å²) in [4.78, 5) is 1.95. The number of nitrogens with zero attached hydrogens (tertiary/aromatic N) is 1. The summed E-state index contributed by atoms with van der Waals surface area (Å²) in [6, 6.07) is 0. The molecular formula is C7H14ClNO2S. The van der Waals surface area contributed by atoms with E-state index in [1.54, 1.807) is 6.92 Å². The van der Waals surface area contributed by atoms with E-state index in [0.29, 0.717) is 0 Å². The van der Waals surface area contributed by atoms with Crippen LogP contribution in [-0.4, -0.2) is 39.7 Å². The number of rotatable bonds is 4. The van der Waals surface area contributed by atoms with Gasteiger partial charge in [-0.1, -0.05) is 11.6 Å². The van der Waals surface area contributed by atoms with Crippen LogP contribution in [0.25, 0.3) is 0 Å². The molecule has 0 unspecified atom stereocenters. The van der Waals surface area contributed by atoms with Gasteiger partial charge in [0.2, 0.25) is 9.05 Å². The first kappa shape index (κ1) is 11.9. The molecule has 5 heteroatoms. The molecule has 0 aromatic carbocycles. The summed E-state index contributed by atoms with van der Waals surface area (Å²) < 4.78 is 21.2. The monoisotopic (exact) mass is 211 g/mol. The molecule has 0 rings (SSSR count). The van der Waals surface area contributed by atoms with Crippen molar-refractivity contribution in [3.8, 4) is 0 Å². The molecule has 12 heavy (non-hydrogen) atoms. The topological polar surface area (TPSA) is 37.4 Å². The first-order chi connectivity index (χ1) is 5.31. The van der Waals surface area contributed by atoms with Crippen molar-refractivity contribution in [2.45, 2.75) is 6.92 Å². The molecule has 0 aliphatic carbocycles. The van der Waals surface area contributed by atoms with Gasteiger partial charge in [0.1, 0.15) is 0 Å². The van der Waals surface area contributed by atoms with Crippen LogP contribution >= 0.6 is 10.7 Å². The van der Waals surface area contributed by atoms with Crippen molar-refractivity contribution in [2.75, 3.05) is 26.4 Å². The van der Waals surface area contributed by atoms with E-state index >= 15 is 0 Å². The normalized spacial score (nSPS) is 13.9. The van der Waals surface area contributed by atoms with Gasteiger partial charge in [-0.15, -0.1) is 0 Å².